The van der Waals surface area contributed by atoms with E-state index in [0.29, 0.717) is 12.8 Å². The summed E-state index contributed by atoms with van der Waals surface area (Å²) < 4.78 is 0. The average Bonchev–Trinajstić information content (AvgIpc) is 3.25. The van der Waals surface area contributed by atoms with Gasteiger partial charge in [0.2, 0.25) is 0 Å². The van der Waals surface area contributed by atoms with Crippen LogP contribution in [0.1, 0.15) is 34.5 Å². The van der Waals surface area contributed by atoms with Gasteiger partial charge in [-0.05, 0) is 44.8 Å². The average molecular weight is 395 g/mol. The van der Waals surface area contributed by atoms with Crippen LogP contribution >= 0.6 is 0 Å². The lowest BCUT2D eigenvalue weighted by Crippen LogP contribution is -2.22. The van der Waals surface area contributed by atoms with Crippen LogP contribution in [0.3, 0.4) is 0 Å². The van der Waals surface area contributed by atoms with Gasteiger partial charge in [0, 0.05) is 35.3 Å². The Labute approximate surface area is 173 Å². The highest BCUT2D eigenvalue weighted by atomic mass is 16.3. The highest BCUT2D eigenvalue weighted by molar-refractivity contribution is 6.07. The SMILES string of the molecule is N=C(Nc1ccc2cccc3c2c1C(O)C3)Nc1ccc2cccc3c2c1C(O)C3. The van der Waals surface area contributed by atoms with Gasteiger partial charge in [-0.25, -0.2) is 0 Å². The van der Waals surface area contributed by atoms with Gasteiger partial charge in [-0.15, -0.1) is 0 Å². The molecule has 2 aliphatic rings. The number of benzene rings is 4. The number of aliphatic hydroxyl groups is 2. The Morgan fingerprint density at radius 2 is 1.17 bits per heavy atom. The van der Waals surface area contributed by atoms with Gasteiger partial charge in [0.15, 0.2) is 5.96 Å². The fraction of sp³-hybridized carbons (Fsp3) is 0.160. The van der Waals surface area contributed by atoms with Crippen LogP contribution in [0.25, 0.3) is 21.5 Å². The molecule has 0 heterocycles. The molecule has 2 aliphatic carbocycles. The van der Waals surface area contributed by atoms with Gasteiger partial charge in [-0.3, -0.25) is 5.41 Å². The van der Waals surface area contributed by atoms with Gasteiger partial charge in [-0.2, -0.15) is 0 Å². The van der Waals surface area contributed by atoms with Gasteiger partial charge >= 0.3 is 0 Å². The highest BCUT2D eigenvalue weighted by Crippen LogP contribution is 2.43. The van der Waals surface area contributed by atoms with Crippen molar-refractivity contribution in [3.8, 4) is 0 Å². The molecule has 2 unspecified atom stereocenters. The van der Waals surface area contributed by atoms with Crippen LogP contribution in [0.2, 0.25) is 0 Å². The number of hydrogen-bond acceptors (Lipinski definition) is 3. The van der Waals surface area contributed by atoms with Crippen molar-refractivity contribution in [2.75, 3.05) is 10.6 Å². The molecule has 0 spiro atoms. The monoisotopic (exact) mass is 395 g/mol. The molecule has 0 bridgehead atoms. The van der Waals surface area contributed by atoms with E-state index < -0.39 is 12.2 Å². The molecule has 0 aliphatic heterocycles. The van der Waals surface area contributed by atoms with Gasteiger partial charge in [-0.1, -0.05) is 48.5 Å². The minimum Gasteiger partial charge on any atom is -0.388 e. The van der Waals surface area contributed by atoms with E-state index in [0.717, 1.165) is 55.2 Å². The van der Waals surface area contributed by atoms with Crippen LogP contribution in [0.5, 0.6) is 0 Å². The second-order valence-electron chi connectivity index (χ2n) is 8.15. The summed E-state index contributed by atoms with van der Waals surface area (Å²) in [5.41, 5.74) is 5.43. The van der Waals surface area contributed by atoms with E-state index >= 15 is 0 Å². The van der Waals surface area contributed by atoms with Crippen LogP contribution in [0.15, 0.2) is 60.7 Å². The summed E-state index contributed by atoms with van der Waals surface area (Å²) in [7, 11) is 0. The first-order valence-electron chi connectivity index (χ1n) is 10.2. The highest BCUT2D eigenvalue weighted by Gasteiger charge is 2.27. The molecule has 0 radical (unpaired) electrons. The van der Waals surface area contributed by atoms with E-state index in [9.17, 15) is 10.2 Å². The molecule has 148 valence electrons. The van der Waals surface area contributed by atoms with Gasteiger partial charge in [0.25, 0.3) is 0 Å². The van der Waals surface area contributed by atoms with Crippen molar-refractivity contribution >= 4 is 38.9 Å². The smallest absolute Gasteiger partial charge is 0.197 e. The number of anilines is 2. The van der Waals surface area contributed by atoms with Gasteiger partial charge in [0.1, 0.15) is 0 Å². The van der Waals surface area contributed by atoms with E-state index in [-0.39, 0.29) is 5.96 Å². The van der Waals surface area contributed by atoms with Crippen molar-refractivity contribution < 1.29 is 10.2 Å². The maximum absolute atomic E-state index is 10.6. The third-order valence-electron chi connectivity index (χ3n) is 6.36. The van der Waals surface area contributed by atoms with Crippen LogP contribution in [0, 0.1) is 5.41 Å². The molecule has 4 aromatic carbocycles. The Balaban J connectivity index is 1.35. The van der Waals surface area contributed by atoms with E-state index in [1.807, 2.05) is 60.7 Å². The minimum absolute atomic E-state index is 0.106. The third-order valence-corrected chi connectivity index (χ3v) is 6.36. The predicted octanol–water partition coefficient (Wildman–Crippen LogP) is 4.63. The van der Waals surface area contributed by atoms with Crippen LogP contribution < -0.4 is 10.6 Å². The molecule has 0 aromatic heterocycles. The normalized spacial score (nSPS) is 18.9. The van der Waals surface area contributed by atoms with E-state index in [1.165, 1.54) is 0 Å². The van der Waals surface area contributed by atoms with Crippen molar-refractivity contribution in [2.45, 2.75) is 25.0 Å². The Morgan fingerprint density at radius 3 is 1.63 bits per heavy atom. The summed E-state index contributed by atoms with van der Waals surface area (Å²) in [6, 6.07) is 20.1. The second kappa shape index (κ2) is 6.29. The standard InChI is InChI=1S/C25H21N3O2/c26-25(27-17-9-7-13-3-1-5-15-11-19(29)23(17)21(13)15)28-18-10-8-14-4-2-6-16-12-20(30)24(18)22(14)16/h1-10,19-20,29-30H,11-12H2,(H3,26,27,28). The summed E-state index contributed by atoms with van der Waals surface area (Å²) >= 11 is 0. The van der Waals surface area contributed by atoms with E-state index in [2.05, 4.69) is 10.6 Å². The first-order chi connectivity index (χ1) is 14.6. The van der Waals surface area contributed by atoms with Crippen molar-refractivity contribution in [1.29, 1.82) is 5.41 Å². The fourth-order valence-corrected chi connectivity index (χ4v) is 5.14. The summed E-state index contributed by atoms with van der Waals surface area (Å²) in [6.07, 6.45) is 0.0273. The topological polar surface area (TPSA) is 88.4 Å². The van der Waals surface area contributed by atoms with E-state index in [1.54, 1.807) is 0 Å². The molecule has 6 rings (SSSR count). The summed E-state index contributed by atoms with van der Waals surface area (Å²) in [5, 5.41) is 40.4. The summed E-state index contributed by atoms with van der Waals surface area (Å²) in [5.74, 6) is 0.106. The van der Waals surface area contributed by atoms with Crippen LogP contribution in [-0.2, 0) is 12.8 Å². The maximum Gasteiger partial charge on any atom is 0.197 e. The van der Waals surface area contributed by atoms with Gasteiger partial charge in [0.05, 0.1) is 12.2 Å². The molecule has 4 aromatic rings. The number of rotatable bonds is 2. The zero-order valence-electron chi connectivity index (χ0n) is 16.2. The predicted molar refractivity (Wildman–Crippen MR) is 120 cm³/mol. The van der Waals surface area contributed by atoms with Crippen molar-refractivity contribution in [1.82, 2.24) is 0 Å². The first kappa shape index (κ1) is 17.4. The molecule has 0 saturated carbocycles. The Bertz CT molecular complexity index is 1260. The molecule has 5 nitrogen and oxygen atoms in total. The number of aliphatic hydroxyl groups excluding tert-OH is 2. The summed E-state index contributed by atoms with van der Waals surface area (Å²) in [4.78, 5) is 0. The second-order valence-corrected chi connectivity index (χ2v) is 8.15. The third kappa shape index (κ3) is 2.46. The lowest BCUT2D eigenvalue weighted by atomic mass is 10.0. The molecule has 0 fully saturated rings. The molecular formula is C25H21N3O2. The van der Waals surface area contributed by atoms with E-state index in [4.69, 9.17) is 5.41 Å². The first-order valence-corrected chi connectivity index (χ1v) is 10.2. The molecule has 5 heteroatoms. The molecular weight excluding hydrogens is 374 g/mol. The Morgan fingerprint density at radius 1 is 0.700 bits per heavy atom. The fourth-order valence-electron chi connectivity index (χ4n) is 5.14. The molecule has 0 saturated heterocycles. The zero-order valence-corrected chi connectivity index (χ0v) is 16.2. The largest absolute Gasteiger partial charge is 0.388 e. The molecule has 5 N–H and O–H groups in total. The number of guanidine groups is 1. The number of hydrogen-bond donors (Lipinski definition) is 5. The maximum atomic E-state index is 10.6. The quantitative estimate of drug-likeness (QED) is 0.253. The van der Waals surface area contributed by atoms with Crippen LogP contribution in [0.4, 0.5) is 11.4 Å². The zero-order chi connectivity index (χ0) is 20.4. The van der Waals surface area contributed by atoms with Crippen molar-refractivity contribution in [2.24, 2.45) is 0 Å². The van der Waals surface area contributed by atoms with Crippen LogP contribution in [-0.4, -0.2) is 16.2 Å². The molecule has 2 atom stereocenters. The van der Waals surface area contributed by atoms with Crippen molar-refractivity contribution in [3.05, 3.63) is 82.9 Å². The molecule has 30 heavy (non-hydrogen) atoms. The lowest BCUT2D eigenvalue weighted by molar-refractivity contribution is 0.186. The van der Waals surface area contributed by atoms with Crippen molar-refractivity contribution in [3.63, 3.8) is 0 Å². The minimum atomic E-state index is -0.580. The lowest BCUT2D eigenvalue weighted by Gasteiger charge is -2.18. The summed E-state index contributed by atoms with van der Waals surface area (Å²) in [6.45, 7) is 0. The Kier molecular flexibility index (Phi) is 3.66. The number of nitrogens with one attached hydrogen (secondary N) is 3. The molecule has 0 amide bonds. The Hall–Kier alpha value is -3.41. The van der Waals surface area contributed by atoms with Gasteiger partial charge < -0.3 is 20.8 Å².